The molecule has 0 spiro atoms. The molecule has 0 aromatic heterocycles. The third kappa shape index (κ3) is 36.0. The first-order valence-corrected chi connectivity index (χ1v) is 8.28. The van der Waals surface area contributed by atoms with E-state index in [-0.39, 0.29) is 0 Å². The van der Waals surface area contributed by atoms with Gasteiger partial charge in [-0.15, -0.1) is 0 Å². The molecule has 0 aliphatic carbocycles. The predicted molar refractivity (Wildman–Crippen MR) is 86.2 cm³/mol. The van der Waals surface area contributed by atoms with Crippen molar-refractivity contribution in [1.29, 1.82) is 0 Å². The van der Waals surface area contributed by atoms with Crippen molar-refractivity contribution in [2.24, 2.45) is 0 Å². The van der Waals surface area contributed by atoms with Crippen molar-refractivity contribution in [2.45, 2.75) is 105 Å². The predicted octanol–water partition coefficient (Wildman–Crippen LogP) is 6.34. The zero-order chi connectivity index (χ0) is 14.5. The van der Waals surface area contributed by atoms with Gasteiger partial charge >= 0.3 is 0 Å². The van der Waals surface area contributed by atoms with Crippen LogP contribution in [0.15, 0.2) is 0 Å². The van der Waals surface area contributed by atoms with Gasteiger partial charge in [-0.05, 0) is 0 Å². The van der Waals surface area contributed by atoms with E-state index in [1.807, 2.05) is 0 Å². The molecule has 0 unspecified atom stereocenters. The van der Waals surface area contributed by atoms with Crippen LogP contribution in [0, 0.1) is 0 Å². The van der Waals surface area contributed by atoms with E-state index in [1.54, 1.807) is 0 Å². The topological polar surface area (TPSA) is 20.2 Å². The summed E-state index contributed by atoms with van der Waals surface area (Å²) < 4.78 is 0. The van der Waals surface area contributed by atoms with Crippen molar-refractivity contribution in [2.75, 3.05) is 7.11 Å². The fourth-order valence-corrected chi connectivity index (χ4v) is 1.71. The molecule has 0 saturated carbocycles. The minimum Gasteiger partial charge on any atom is -0.400 e. The van der Waals surface area contributed by atoms with Crippen LogP contribution in [0.2, 0.25) is 0 Å². The number of hydrogen-bond donors (Lipinski definition) is 1. The van der Waals surface area contributed by atoms with Crippen LogP contribution in [0.5, 0.6) is 0 Å². The van der Waals surface area contributed by atoms with Crippen LogP contribution in [0.4, 0.5) is 0 Å². The molecule has 1 heteroatoms. The first-order valence-electron chi connectivity index (χ1n) is 8.28. The summed E-state index contributed by atoms with van der Waals surface area (Å²) in [6.45, 7) is 9.00. The average molecular weight is 261 g/mol. The molecular formula is C17H40O. The Labute approximate surface area is 117 Å². The Morgan fingerprint density at radius 2 is 0.556 bits per heavy atom. The Balaban J connectivity index is -0.000000241. The second-order valence-electron chi connectivity index (χ2n) is 4.83. The summed E-state index contributed by atoms with van der Waals surface area (Å²) in [5, 5.41) is 7.00. The lowest BCUT2D eigenvalue weighted by Gasteiger charge is -1.97. The quantitative estimate of drug-likeness (QED) is 0.454. The highest BCUT2D eigenvalue weighted by atomic mass is 16.2. The Kier molecular flexibility index (Phi) is 38.7. The van der Waals surface area contributed by atoms with Crippen molar-refractivity contribution < 1.29 is 5.11 Å². The van der Waals surface area contributed by atoms with E-state index in [9.17, 15) is 0 Å². The van der Waals surface area contributed by atoms with E-state index < -0.39 is 0 Å². The molecule has 0 aliphatic rings. The highest BCUT2D eigenvalue weighted by Crippen LogP contribution is 2.07. The highest BCUT2D eigenvalue weighted by molar-refractivity contribution is 4.43. The van der Waals surface area contributed by atoms with E-state index in [4.69, 9.17) is 5.11 Å². The van der Waals surface area contributed by atoms with Crippen molar-refractivity contribution in [3.05, 3.63) is 0 Å². The maximum absolute atomic E-state index is 7.00. The fraction of sp³-hybridized carbons (Fsp3) is 1.00. The standard InChI is InChI=1S/C10H22.C6H14.CH4O/c1-3-5-7-9-10-8-6-4-2;1-3-5-6-4-2;1-2/h3-10H2,1-2H3;3-6H2,1-2H3;2H,1H3. The molecule has 0 radical (unpaired) electrons. The van der Waals surface area contributed by atoms with Crippen molar-refractivity contribution in [3.63, 3.8) is 0 Å². The number of rotatable bonds is 10. The van der Waals surface area contributed by atoms with Crippen LogP contribution >= 0.6 is 0 Å². The monoisotopic (exact) mass is 260 g/mol. The normalized spacial score (nSPS) is 9.00. The lowest BCUT2D eigenvalue weighted by Crippen LogP contribution is -1.77. The van der Waals surface area contributed by atoms with Gasteiger partial charge in [0.2, 0.25) is 0 Å². The molecule has 0 heterocycles. The molecule has 0 rings (SSSR count). The molecule has 0 aliphatic heterocycles. The van der Waals surface area contributed by atoms with Gasteiger partial charge in [0, 0.05) is 7.11 Å². The van der Waals surface area contributed by atoms with Gasteiger partial charge in [-0.1, -0.05) is 105 Å². The maximum atomic E-state index is 7.00. The molecule has 114 valence electrons. The third-order valence-electron chi connectivity index (χ3n) is 2.91. The molecule has 0 fully saturated rings. The summed E-state index contributed by atoms with van der Waals surface area (Å²) in [7, 11) is 1.00. The first kappa shape index (κ1) is 23.1. The summed E-state index contributed by atoms with van der Waals surface area (Å²) in [5.74, 6) is 0. The molecule has 0 aromatic rings. The second kappa shape index (κ2) is 30.2. The van der Waals surface area contributed by atoms with Crippen molar-refractivity contribution >= 4 is 0 Å². The van der Waals surface area contributed by atoms with Crippen LogP contribution in [0.1, 0.15) is 105 Å². The highest BCUT2D eigenvalue weighted by Gasteiger charge is 1.87. The van der Waals surface area contributed by atoms with Gasteiger partial charge < -0.3 is 5.11 Å². The molecular weight excluding hydrogens is 220 g/mol. The SMILES string of the molecule is CCCCCC.CCCCCCCCCC.CO. The van der Waals surface area contributed by atoms with Gasteiger partial charge in [0.05, 0.1) is 0 Å². The van der Waals surface area contributed by atoms with Gasteiger partial charge in [-0.3, -0.25) is 0 Å². The molecule has 0 amide bonds. The van der Waals surface area contributed by atoms with Crippen molar-refractivity contribution in [3.8, 4) is 0 Å². The van der Waals surface area contributed by atoms with E-state index in [1.165, 1.54) is 77.0 Å². The average Bonchev–Trinajstić information content (AvgIpc) is 2.43. The fourth-order valence-electron chi connectivity index (χ4n) is 1.71. The van der Waals surface area contributed by atoms with Gasteiger partial charge in [-0.2, -0.15) is 0 Å². The van der Waals surface area contributed by atoms with Gasteiger partial charge in [0.15, 0.2) is 0 Å². The van der Waals surface area contributed by atoms with Crippen LogP contribution in [0.25, 0.3) is 0 Å². The van der Waals surface area contributed by atoms with Crippen LogP contribution in [-0.4, -0.2) is 12.2 Å². The summed E-state index contributed by atoms with van der Waals surface area (Å²) in [6, 6.07) is 0. The van der Waals surface area contributed by atoms with Gasteiger partial charge in [0.1, 0.15) is 0 Å². The van der Waals surface area contributed by atoms with Crippen LogP contribution in [-0.2, 0) is 0 Å². The summed E-state index contributed by atoms with van der Waals surface area (Å²) in [5.41, 5.74) is 0. The Bertz CT molecular complexity index is 79.6. The third-order valence-corrected chi connectivity index (χ3v) is 2.91. The Morgan fingerprint density at radius 1 is 0.389 bits per heavy atom. The lowest BCUT2D eigenvalue weighted by molar-refractivity contribution is 0.399. The Morgan fingerprint density at radius 3 is 0.778 bits per heavy atom. The molecule has 18 heavy (non-hydrogen) atoms. The second-order valence-corrected chi connectivity index (χ2v) is 4.83. The van der Waals surface area contributed by atoms with Gasteiger partial charge in [0.25, 0.3) is 0 Å². The zero-order valence-electron chi connectivity index (χ0n) is 13.9. The molecule has 1 N–H and O–H groups in total. The first-order chi connectivity index (χ1) is 8.83. The number of aliphatic hydroxyl groups excluding tert-OH is 1. The van der Waals surface area contributed by atoms with E-state index in [0.29, 0.717) is 0 Å². The van der Waals surface area contributed by atoms with E-state index in [0.717, 1.165) is 7.11 Å². The molecule has 0 bridgehead atoms. The van der Waals surface area contributed by atoms with Crippen LogP contribution in [0.3, 0.4) is 0 Å². The van der Waals surface area contributed by atoms with Crippen molar-refractivity contribution in [1.82, 2.24) is 0 Å². The number of aliphatic hydroxyl groups is 1. The van der Waals surface area contributed by atoms with E-state index in [2.05, 4.69) is 27.7 Å². The smallest absolute Gasteiger partial charge is 0.0319 e. The molecule has 0 aromatic carbocycles. The number of unbranched alkanes of at least 4 members (excludes halogenated alkanes) is 10. The largest absolute Gasteiger partial charge is 0.400 e. The lowest BCUT2D eigenvalue weighted by atomic mass is 10.1. The minimum atomic E-state index is 1.00. The summed E-state index contributed by atoms with van der Waals surface area (Å²) in [6.07, 6.45) is 17.0. The minimum absolute atomic E-state index is 1.00. The van der Waals surface area contributed by atoms with E-state index >= 15 is 0 Å². The maximum Gasteiger partial charge on any atom is 0.0319 e. The molecule has 0 saturated heterocycles. The Hall–Kier alpha value is -0.0400. The number of hydrogen-bond acceptors (Lipinski definition) is 1. The van der Waals surface area contributed by atoms with Gasteiger partial charge in [-0.25, -0.2) is 0 Å². The zero-order valence-corrected chi connectivity index (χ0v) is 13.9. The van der Waals surface area contributed by atoms with Crippen LogP contribution < -0.4 is 0 Å². The molecule has 0 atom stereocenters. The molecule has 1 nitrogen and oxygen atoms in total. The summed E-state index contributed by atoms with van der Waals surface area (Å²) >= 11 is 0. The summed E-state index contributed by atoms with van der Waals surface area (Å²) in [4.78, 5) is 0.